The summed E-state index contributed by atoms with van der Waals surface area (Å²) in [4.78, 5) is 27.5. The lowest BCUT2D eigenvalue weighted by Gasteiger charge is -2.24. The quantitative estimate of drug-likeness (QED) is 0.320. The highest BCUT2D eigenvalue weighted by molar-refractivity contribution is 6.04. The molecule has 7 heteroatoms. The lowest BCUT2D eigenvalue weighted by Crippen LogP contribution is -2.34. The second-order valence-corrected chi connectivity index (χ2v) is 8.72. The van der Waals surface area contributed by atoms with Crippen molar-refractivity contribution in [3.8, 4) is 11.8 Å². The second-order valence-electron chi connectivity index (χ2n) is 8.72. The fraction of sp³-hybridized carbons (Fsp3) is 0.129. The number of nitrogens with one attached hydrogen (secondary N) is 1. The van der Waals surface area contributed by atoms with Crippen LogP contribution in [0.1, 0.15) is 32.6 Å². The SMILES string of the molecule is N#Cc1ccc(C(=O)Nc2ccc(CN(Cc3cccc(CN)c3)C(=O)COc3ccccc3)cc2)cc1. The largest absolute Gasteiger partial charge is 0.484 e. The van der Waals surface area contributed by atoms with Crippen molar-refractivity contribution < 1.29 is 14.3 Å². The van der Waals surface area contributed by atoms with Crippen LogP contribution in [0.3, 0.4) is 0 Å². The van der Waals surface area contributed by atoms with Gasteiger partial charge >= 0.3 is 0 Å². The molecule has 0 atom stereocenters. The number of hydrogen-bond donors (Lipinski definition) is 2. The molecule has 3 N–H and O–H groups in total. The Morgan fingerprint density at radius 3 is 2.18 bits per heavy atom. The van der Waals surface area contributed by atoms with Crippen molar-refractivity contribution in [1.82, 2.24) is 4.90 Å². The summed E-state index contributed by atoms with van der Waals surface area (Å²) in [6.07, 6.45) is 0. The van der Waals surface area contributed by atoms with Gasteiger partial charge in [-0.15, -0.1) is 0 Å². The molecule has 0 saturated carbocycles. The normalized spacial score (nSPS) is 10.3. The van der Waals surface area contributed by atoms with Crippen LogP contribution in [-0.4, -0.2) is 23.3 Å². The second kappa shape index (κ2) is 12.9. The maximum atomic E-state index is 13.2. The average Bonchev–Trinajstić information content (AvgIpc) is 2.97. The summed E-state index contributed by atoms with van der Waals surface area (Å²) < 4.78 is 5.71. The number of ether oxygens (including phenoxy) is 1. The first-order chi connectivity index (χ1) is 18.5. The van der Waals surface area contributed by atoms with E-state index in [0.29, 0.717) is 42.2 Å². The monoisotopic (exact) mass is 504 g/mol. The zero-order chi connectivity index (χ0) is 26.7. The van der Waals surface area contributed by atoms with Crippen LogP contribution in [0.25, 0.3) is 0 Å². The molecule has 0 spiro atoms. The molecule has 38 heavy (non-hydrogen) atoms. The molecule has 0 aromatic heterocycles. The first kappa shape index (κ1) is 26.1. The Hall–Kier alpha value is -4.93. The van der Waals surface area contributed by atoms with E-state index in [0.717, 1.165) is 16.7 Å². The van der Waals surface area contributed by atoms with Gasteiger partial charge in [0.05, 0.1) is 11.6 Å². The predicted octanol–water partition coefficient (Wildman–Crippen LogP) is 4.88. The third-order valence-corrected chi connectivity index (χ3v) is 5.92. The maximum absolute atomic E-state index is 13.2. The molecule has 0 aliphatic carbocycles. The zero-order valence-corrected chi connectivity index (χ0v) is 20.8. The minimum atomic E-state index is -0.267. The van der Waals surface area contributed by atoms with Gasteiger partial charge in [0, 0.05) is 30.9 Å². The molecule has 2 amide bonds. The van der Waals surface area contributed by atoms with Crippen molar-refractivity contribution in [1.29, 1.82) is 5.26 Å². The molecule has 4 rings (SSSR count). The van der Waals surface area contributed by atoms with Crippen LogP contribution in [0.5, 0.6) is 5.75 Å². The Labute approximate surface area is 222 Å². The maximum Gasteiger partial charge on any atom is 0.261 e. The number of amides is 2. The van der Waals surface area contributed by atoms with Gasteiger partial charge in [-0.25, -0.2) is 0 Å². The molecule has 7 nitrogen and oxygen atoms in total. The van der Waals surface area contributed by atoms with Gasteiger partial charge < -0.3 is 20.7 Å². The zero-order valence-electron chi connectivity index (χ0n) is 20.8. The number of anilines is 1. The summed E-state index contributed by atoms with van der Waals surface area (Å²) >= 11 is 0. The minimum Gasteiger partial charge on any atom is -0.484 e. The summed E-state index contributed by atoms with van der Waals surface area (Å²) in [7, 11) is 0. The number of carbonyl (C=O) groups excluding carboxylic acids is 2. The van der Waals surface area contributed by atoms with Crippen LogP contribution in [0.15, 0.2) is 103 Å². The smallest absolute Gasteiger partial charge is 0.261 e. The Balaban J connectivity index is 1.44. The van der Waals surface area contributed by atoms with Crippen LogP contribution in [0.4, 0.5) is 5.69 Å². The highest BCUT2D eigenvalue weighted by atomic mass is 16.5. The van der Waals surface area contributed by atoms with Gasteiger partial charge in [0.15, 0.2) is 6.61 Å². The Morgan fingerprint density at radius 2 is 1.50 bits per heavy atom. The van der Waals surface area contributed by atoms with Crippen LogP contribution in [0.2, 0.25) is 0 Å². The fourth-order valence-corrected chi connectivity index (χ4v) is 3.87. The highest BCUT2D eigenvalue weighted by Gasteiger charge is 2.16. The van der Waals surface area contributed by atoms with E-state index in [1.54, 1.807) is 41.3 Å². The standard InChI is InChI=1S/C31H28N4O3/c32-18-23-9-13-27(14-10-23)31(37)34-28-15-11-24(12-16-28)20-35(21-26-6-4-5-25(17-26)19-33)30(36)22-38-29-7-2-1-3-8-29/h1-17H,19-22,33H2,(H,34,37). The van der Waals surface area contributed by atoms with Gasteiger partial charge in [-0.3, -0.25) is 9.59 Å². The molecule has 0 fully saturated rings. The molecule has 0 unspecified atom stereocenters. The fourth-order valence-electron chi connectivity index (χ4n) is 3.87. The number of hydrogen-bond acceptors (Lipinski definition) is 5. The third-order valence-electron chi connectivity index (χ3n) is 5.92. The summed E-state index contributed by atoms with van der Waals surface area (Å²) in [6.45, 7) is 1.11. The van der Waals surface area contributed by atoms with Crippen molar-refractivity contribution in [2.75, 3.05) is 11.9 Å². The van der Waals surface area contributed by atoms with E-state index in [2.05, 4.69) is 5.32 Å². The Bertz CT molecular complexity index is 1410. The van der Waals surface area contributed by atoms with Crippen molar-refractivity contribution >= 4 is 17.5 Å². The lowest BCUT2D eigenvalue weighted by atomic mass is 10.1. The molecule has 190 valence electrons. The van der Waals surface area contributed by atoms with Gasteiger partial charge in [-0.1, -0.05) is 54.6 Å². The van der Waals surface area contributed by atoms with Crippen molar-refractivity contribution in [2.24, 2.45) is 5.73 Å². The predicted molar refractivity (Wildman–Crippen MR) is 146 cm³/mol. The molecule has 4 aromatic rings. The average molecular weight is 505 g/mol. The van der Waals surface area contributed by atoms with E-state index >= 15 is 0 Å². The number of nitrogens with zero attached hydrogens (tertiary/aromatic N) is 2. The van der Waals surface area contributed by atoms with Gasteiger partial charge in [-0.2, -0.15) is 5.26 Å². The van der Waals surface area contributed by atoms with E-state index in [-0.39, 0.29) is 18.4 Å². The molecular weight excluding hydrogens is 476 g/mol. The number of nitriles is 1. The first-order valence-electron chi connectivity index (χ1n) is 12.2. The molecule has 0 radical (unpaired) electrons. The summed E-state index contributed by atoms with van der Waals surface area (Å²) in [5.41, 5.74) is 10.3. The molecular formula is C31H28N4O3. The van der Waals surface area contributed by atoms with Gasteiger partial charge in [0.1, 0.15) is 5.75 Å². The summed E-state index contributed by atoms with van der Waals surface area (Å²) in [5.74, 6) is 0.218. The van der Waals surface area contributed by atoms with Gasteiger partial charge in [0.25, 0.3) is 11.8 Å². The Kier molecular flexibility index (Phi) is 8.85. The van der Waals surface area contributed by atoms with Gasteiger partial charge in [0.2, 0.25) is 0 Å². The van der Waals surface area contributed by atoms with E-state index in [4.69, 9.17) is 15.7 Å². The van der Waals surface area contributed by atoms with Crippen molar-refractivity contribution in [3.05, 3.63) is 131 Å². The number of para-hydroxylation sites is 1. The molecule has 4 aromatic carbocycles. The van der Waals surface area contributed by atoms with E-state index in [1.165, 1.54) is 0 Å². The molecule has 0 saturated heterocycles. The summed E-state index contributed by atoms with van der Waals surface area (Å²) in [5, 5.41) is 11.8. The topological polar surface area (TPSA) is 108 Å². The molecule has 0 aliphatic heterocycles. The van der Waals surface area contributed by atoms with Crippen LogP contribution in [0, 0.1) is 11.3 Å². The lowest BCUT2D eigenvalue weighted by molar-refractivity contribution is -0.134. The number of benzene rings is 4. The number of nitrogens with two attached hydrogens (primary N) is 1. The number of carbonyl (C=O) groups is 2. The molecule has 0 bridgehead atoms. The third kappa shape index (κ3) is 7.29. The van der Waals surface area contributed by atoms with E-state index in [9.17, 15) is 9.59 Å². The van der Waals surface area contributed by atoms with E-state index in [1.807, 2.05) is 72.8 Å². The van der Waals surface area contributed by atoms with Crippen LogP contribution in [-0.2, 0) is 24.4 Å². The molecule has 0 heterocycles. The van der Waals surface area contributed by atoms with Crippen molar-refractivity contribution in [2.45, 2.75) is 19.6 Å². The van der Waals surface area contributed by atoms with Gasteiger partial charge in [-0.05, 0) is 65.2 Å². The molecule has 0 aliphatic rings. The van der Waals surface area contributed by atoms with Crippen LogP contribution >= 0.6 is 0 Å². The highest BCUT2D eigenvalue weighted by Crippen LogP contribution is 2.17. The first-order valence-corrected chi connectivity index (χ1v) is 12.2. The van der Waals surface area contributed by atoms with E-state index < -0.39 is 0 Å². The minimum absolute atomic E-state index is 0.0840. The van der Waals surface area contributed by atoms with Crippen LogP contribution < -0.4 is 15.8 Å². The Morgan fingerprint density at radius 1 is 0.816 bits per heavy atom. The van der Waals surface area contributed by atoms with Crippen molar-refractivity contribution in [3.63, 3.8) is 0 Å². The summed E-state index contributed by atoms with van der Waals surface area (Å²) in [6, 6.07) is 32.9. The number of rotatable bonds is 10.